The van der Waals surface area contributed by atoms with Gasteiger partial charge in [-0.05, 0) is 49.9 Å². The van der Waals surface area contributed by atoms with E-state index in [1.54, 1.807) is 16.8 Å². The largest absolute Gasteiger partial charge is 0.369 e. The quantitative estimate of drug-likeness (QED) is 0.873. The van der Waals surface area contributed by atoms with Crippen LogP contribution in [0, 0.1) is 11.3 Å². The molecule has 2 aromatic rings. The van der Waals surface area contributed by atoms with Crippen LogP contribution in [0.2, 0.25) is 0 Å². The molecule has 0 radical (unpaired) electrons. The van der Waals surface area contributed by atoms with Gasteiger partial charge < -0.3 is 11.5 Å². The third-order valence-electron chi connectivity index (χ3n) is 4.39. The number of carbonyl (C=O) groups excluding carboxylic acids is 1. The fraction of sp³-hybridized carbons (Fsp3) is 0.412. The lowest BCUT2D eigenvalue weighted by Crippen LogP contribution is -2.26. The van der Waals surface area contributed by atoms with Gasteiger partial charge in [0.15, 0.2) is 5.82 Å². The highest BCUT2D eigenvalue weighted by atomic mass is 16.1. The first-order chi connectivity index (χ1) is 11.6. The molecule has 1 aromatic heterocycles. The molecule has 0 atom stereocenters. The summed E-state index contributed by atoms with van der Waals surface area (Å²) in [6.07, 6.45) is 3.83. The number of aromatic nitrogens is 3. The number of carbonyl (C=O) groups is 1. The average Bonchev–Trinajstić information content (AvgIpc) is 2.98. The summed E-state index contributed by atoms with van der Waals surface area (Å²) in [6.45, 7) is 0. The van der Waals surface area contributed by atoms with Crippen LogP contribution < -0.4 is 11.5 Å². The van der Waals surface area contributed by atoms with Crippen LogP contribution in [0.5, 0.6) is 0 Å². The molecule has 0 bridgehead atoms. The van der Waals surface area contributed by atoms with E-state index in [-0.39, 0.29) is 18.4 Å². The van der Waals surface area contributed by atoms with Crippen molar-refractivity contribution in [3.05, 3.63) is 41.5 Å². The third-order valence-corrected chi connectivity index (χ3v) is 4.39. The Hall–Kier alpha value is -2.72. The van der Waals surface area contributed by atoms with Gasteiger partial charge in [0.05, 0.1) is 23.7 Å². The Bertz CT molecular complexity index is 765. The van der Waals surface area contributed by atoms with Crippen LogP contribution >= 0.6 is 0 Å². The summed E-state index contributed by atoms with van der Waals surface area (Å²) >= 11 is 0. The maximum Gasteiger partial charge on any atom is 0.225 e. The lowest BCUT2D eigenvalue weighted by molar-refractivity contribution is -0.117. The Morgan fingerprint density at radius 1 is 1.25 bits per heavy atom. The van der Waals surface area contributed by atoms with Gasteiger partial charge in [0.25, 0.3) is 0 Å². The summed E-state index contributed by atoms with van der Waals surface area (Å²) in [7, 11) is 0. The highest BCUT2D eigenvalue weighted by Crippen LogP contribution is 2.32. The van der Waals surface area contributed by atoms with E-state index in [2.05, 4.69) is 16.2 Å². The predicted octanol–water partition coefficient (Wildman–Crippen LogP) is 1.15. The Morgan fingerprint density at radius 2 is 1.92 bits per heavy atom. The summed E-state index contributed by atoms with van der Waals surface area (Å²) < 4.78 is 1.76. The van der Waals surface area contributed by atoms with Gasteiger partial charge in [-0.2, -0.15) is 10.4 Å². The Morgan fingerprint density at radius 3 is 2.50 bits per heavy atom. The average molecular weight is 324 g/mol. The molecule has 1 aromatic carbocycles. The second-order valence-corrected chi connectivity index (χ2v) is 6.21. The van der Waals surface area contributed by atoms with Crippen LogP contribution in [-0.2, 0) is 11.2 Å². The lowest BCUT2D eigenvalue weighted by Gasteiger charge is -2.25. The molecule has 124 valence electrons. The van der Waals surface area contributed by atoms with Gasteiger partial charge in [0.1, 0.15) is 5.82 Å². The van der Waals surface area contributed by atoms with Gasteiger partial charge in [-0.3, -0.25) is 4.79 Å². The molecule has 1 aliphatic carbocycles. The second kappa shape index (κ2) is 6.81. The van der Waals surface area contributed by atoms with Crippen molar-refractivity contribution in [2.45, 2.75) is 44.1 Å². The minimum Gasteiger partial charge on any atom is -0.369 e. The number of nitrogens with zero attached hydrogens (tertiary/aromatic N) is 4. The highest BCUT2D eigenvalue weighted by Gasteiger charge is 2.26. The van der Waals surface area contributed by atoms with Crippen molar-refractivity contribution in [1.29, 1.82) is 5.26 Å². The number of amides is 1. The summed E-state index contributed by atoms with van der Waals surface area (Å²) in [5.41, 5.74) is 12.7. The molecule has 24 heavy (non-hydrogen) atoms. The number of nitriles is 1. The first-order valence-electron chi connectivity index (χ1n) is 8.07. The summed E-state index contributed by atoms with van der Waals surface area (Å²) in [4.78, 5) is 15.8. The zero-order valence-corrected chi connectivity index (χ0v) is 13.4. The first-order valence-corrected chi connectivity index (χ1v) is 8.07. The van der Waals surface area contributed by atoms with Crippen molar-refractivity contribution >= 4 is 5.91 Å². The first kappa shape index (κ1) is 16.1. The van der Waals surface area contributed by atoms with Crippen molar-refractivity contribution in [3.8, 4) is 11.8 Å². The molecule has 3 rings (SSSR count). The minimum absolute atomic E-state index is 0.0164. The van der Waals surface area contributed by atoms with E-state index in [1.165, 1.54) is 0 Å². The van der Waals surface area contributed by atoms with E-state index in [1.807, 2.05) is 12.1 Å². The Labute approximate surface area is 140 Å². The number of hydrogen-bond acceptors (Lipinski definition) is 5. The smallest absolute Gasteiger partial charge is 0.225 e. The number of nitrogens with two attached hydrogens (primary N) is 2. The molecule has 0 aliphatic heterocycles. The summed E-state index contributed by atoms with van der Waals surface area (Å²) in [5, 5.41) is 13.4. The molecule has 1 aliphatic rings. The predicted molar refractivity (Wildman–Crippen MR) is 88.2 cm³/mol. The van der Waals surface area contributed by atoms with Crippen molar-refractivity contribution in [2.75, 3.05) is 0 Å². The van der Waals surface area contributed by atoms with Crippen molar-refractivity contribution in [1.82, 2.24) is 14.8 Å². The fourth-order valence-corrected chi connectivity index (χ4v) is 3.11. The monoisotopic (exact) mass is 324 g/mol. The van der Waals surface area contributed by atoms with Gasteiger partial charge in [-0.15, -0.1) is 0 Å². The molecule has 0 unspecified atom stereocenters. The van der Waals surface area contributed by atoms with Crippen LogP contribution in [0.4, 0.5) is 0 Å². The van der Waals surface area contributed by atoms with E-state index >= 15 is 0 Å². The Balaban J connectivity index is 1.97. The van der Waals surface area contributed by atoms with Crippen LogP contribution in [0.25, 0.3) is 5.69 Å². The number of hydrogen-bond donors (Lipinski definition) is 2. The van der Waals surface area contributed by atoms with Gasteiger partial charge >= 0.3 is 0 Å². The lowest BCUT2D eigenvalue weighted by atomic mass is 9.86. The van der Waals surface area contributed by atoms with Gasteiger partial charge in [0, 0.05) is 12.0 Å². The second-order valence-electron chi connectivity index (χ2n) is 6.21. The van der Waals surface area contributed by atoms with E-state index < -0.39 is 5.91 Å². The van der Waals surface area contributed by atoms with E-state index in [9.17, 15) is 4.79 Å². The van der Waals surface area contributed by atoms with Crippen LogP contribution in [0.3, 0.4) is 0 Å². The molecule has 1 fully saturated rings. The molecule has 1 saturated carbocycles. The van der Waals surface area contributed by atoms with E-state index in [4.69, 9.17) is 16.7 Å². The van der Waals surface area contributed by atoms with E-state index in [0.29, 0.717) is 11.4 Å². The molecule has 1 heterocycles. The standard InChI is InChI=1S/C17H20N6O/c18-10-11-1-7-14(8-2-11)23-17(12-3-5-13(19)6-4-12)21-16(22-23)9-15(20)24/h1-2,7-8,12-13H,3-6,9,19H2,(H2,20,24). The SMILES string of the molecule is N#Cc1ccc(-n2nc(CC(N)=O)nc2C2CCC(N)CC2)cc1. The molecule has 7 nitrogen and oxygen atoms in total. The Kier molecular flexibility index (Phi) is 4.58. The molecule has 0 saturated heterocycles. The topological polar surface area (TPSA) is 124 Å². The van der Waals surface area contributed by atoms with Crippen LogP contribution in [0.15, 0.2) is 24.3 Å². The maximum absolute atomic E-state index is 11.2. The highest BCUT2D eigenvalue weighted by molar-refractivity contribution is 5.75. The van der Waals surface area contributed by atoms with Crippen molar-refractivity contribution in [2.24, 2.45) is 11.5 Å². The molecule has 7 heteroatoms. The molecular weight excluding hydrogens is 304 g/mol. The van der Waals surface area contributed by atoms with Crippen molar-refractivity contribution in [3.63, 3.8) is 0 Å². The molecule has 1 amide bonds. The van der Waals surface area contributed by atoms with Gasteiger partial charge in [-0.1, -0.05) is 0 Å². The van der Waals surface area contributed by atoms with Crippen molar-refractivity contribution < 1.29 is 4.79 Å². The molecule has 0 spiro atoms. The normalized spacial score (nSPS) is 20.5. The minimum atomic E-state index is -0.454. The van der Waals surface area contributed by atoms with Gasteiger partial charge in [-0.25, -0.2) is 9.67 Å². The van der Waals surface area contributed by atoms with E-state index in [0.717, 1.165) is 37.2 Å². The van der Waals surface area contributed by atoms with Crippen LogP contribution in [-0.4, -0.2) is 26.7 Å². The molecular formula is C17H20N6O. The number of primary amides is 1. The number of benzene rings is 1. The zero-order valence-electron chi connectivity index (χ0n) is 13.4. The van der Waals surface area contributed by atoms with Gasteiger partial charge in [0.2, 0.25) is 5.91 Å². The molecule has 4 N–H and O–H groups in total. The summed E-state index contributed by atoms with van der Waals surface area (Å²) in [5.74, 6) is 1.07. The summed E-state index contributed by atoms with van der Waals surface area (Å²) in [6, 6.07) is 9.50. The van der Waals surface area contributed by atoms with Crippen LogP contribution in [0.1, 0.15) is 48.8 Å². The zero-order chi connectivity index (χ0) is 17.1. The fourth-order valence-electron chi connectivity index (χ4n) is 3.11. The number of rotatable bonds is 4. The maximum atomic E-state index is 11.2. The third kappa shape index (κ3) is 3.44.